The summed E-state index contributed by atoms with van der Waals surface area (Å²) in [7, 11) is 0. The lowest BCUT2D eigenvalue weighted by Gasteiger charge is -2.41. The van der Waals surface area contributed by atoms with Crippen LogP contribution in [0, 0.1) is 0 Å². The number of fused-ring (bicyclic) bond motifs is 2. The highest BCUT2D eigenvalue weighted by Crippen LogP contribution is 2.39. The van der Waals surface area contributed by atoms with Crippen molar-refractivity contribution in [3.05, 3.63) is 29.3 Å². The Labute approximate surface area is 160 Å². The lowest BCUT2D eigenvalue weighted by Crippen LogP contribution is -2.53. The molecule has 0 saturated carbocycles. The molecule has 2 aromatic rings. The molecule has 7 nitrogen and oxygen atoms in total. The molecule has 3 aliphatic rings. The van der Waals surface area contributed by atoms with Crippen molar-refractivity contribution in [2.45, 2.75) is 56.7 Å². The van der Waals surface area contributed by atoms with Gasteiger partial charge in [-0.15, -0.1) is 11.3 Å². The van der Waals surface area contributed by atoms with E-state index in [4.69, 9.17) is 0 Å². The Balaban J connectivity index is 1.34. The Morgan fingerprint density at radius 2 is 1.81 bits per heavy atom. The molecule has 27 heavy (non-hydrogen) atoms. The first kappa shape index (κ1) is 16.7. The third-order valence-electron chi connectivity index (χ3n) is 5.98. The number of aromatic amines is 1. The van der Waals surface area contributed by atoms with E-state index >= 15 is 0 Å². The van der Waals surface area contributed by atoms with Crippen molar-refractivity contribution in [1.82, 2.24) is 20.0 Å². The van der Waals surface area contributed by atoms with Gasteiger partial charge in [-0.3, -0.25) is 24.4 Å². The molecule has 0 spiro atoms. The maximum atomic E-state index is 13.1. The lowest BCUT2D eigenvalue weighted by atomic mass is 9.95. The van der Waals surface area contributed by atoms with Gasteiger partial charge in [0.1, 0.15) is 0 Å². The molecule has 2 atom stereocenters. The molecule has 3 fully saturated rings. The molecule has 3 amide bonds. The van der Waals surface area contributed by atoms with E-state index < -0.39 is 0 Å². The number of aromatic nitrogens is 2. The number of carbonyl (C=O) groups is 3. The predicted octanol–water partition coefficient (Wildman–Crippen LogP) is 2.42. The zero-order chi connectivity index (χ0) is 18.5. The van der Waals surface area contributed by atoms with Crippen molar-refractivity contribution in [2.24, 2.45) is 0 Å². The van der Waals surface area contributed by atoms with Crippen LogP contribution >= 0.6 is 11.3 Å². The first-order valence-electron chi connectivity index (χ1n) is 9.38. The summed E-state index contributed by atoms with van der Waals surface area (Å²) in [4.78, 5) is 41.7. The first-order chi connectivity index (χ1) is 13.1. The van der Waals surface area contributed by atoms with Crippen molar-refractivity contribution < 1.29 is 14.4 Å². The molecule has 5 rings (SSSR count). The monoisotopic (exact) mass is 384 g/mol. The zero-order valence-corrected chi connectivity index (χ0v) is 15.6. The minimum Gasteiger partial charge on any atom is -0.331 e. The van der Waals surface area contributed by atoms with Gasteiger partial charge in [-0.1, -0.05) is 6.07 Å². The van der Waals surface area contributed by atoms with Gasteiger partial charge in [0.2, 0.25) is 11.8 Å². The highest BCUT2D eigenvalue weighted by Gasteiger charge is 2.48. The molecular weight excluding hydrogens is 364 g/mol. The fourth-order valence-electron chi connectivity index (χ4n) is 4.81. The number of H-pyrrole nitrogens is 1. The third kappa shape index (κ3) is 2.70. The Kier molecular flexibility index (Phi) is 3.89. The second-order valence-corrected chi connectivity index (χ2v) is 8.47. The van der Waals surface area contributed by atoms with Gasteiger partial charge in [-0.05, 0) is 43.2 Å². The van der Waals surface area contributed by atoms with Gasteiger partial charge >= 0.3 is 0 Å². The minimum absolute atomic E-state index is 0.0564. The van der Waals surface area contributed by atoms with Crippen molar-refractivity contribution in [3.8, 4) is 10.6 Å². The maximum Gasteiger partial charge on any atom is 0.274 e. The number of thiophene rings is 1. The zero-order valence-electron chi connectivity index (χ0n) is 14.8. The second kappa shape index (κ2) is 6.30. The summed E-state index contributed by atoms with van der Waals surface area (Å²) in [6.45, 7) is 0. The number of rotatable bonds is 3. The molecule has 140 valence electrons. The predicted molar refractivity (Wildman–Crippen MR) is 99.0 cm³/mol. The van der Waals surface area contributed by atoms with Crippen LogP contribution in [0.25, 0.3) is 10.6 Å². The molecule has 2 unspecified atom stereocenters. The summed E-state index contributed by atoms with van der Waals surface area (Å²) in [5, 5.41) is 9.18. The standard InChI is InChI=1S/C19H20N4O3S/c24-17-5-6-18(25)23(17)13-8-11-3-4-12(9-13)22(11)19(26)15-10-14(20-21-15)16-2-1-7-27-16/h1-2,7,10-13H,3-6,8-9H2,(H,20,21). The Hall–Kier alpha value is -2.48. The molecule has 3 saturated heterocycles. The van der Waals surface area contributed by atoms with Crippen molar-refractivity contribution in [2.75, 3.05) is 0 Å². The molecule has 5 heterocycles. The number of likely N-dealkylation sites (tertiary alicyclic amines) is 1. The van der Waals surface area contributed by atoms with Crippen molar-refractivity contribution >= 4 is 29.1 Å². The van der Waals surface area contributed by atoms with E-state index in [-0.39, 0.29) is 35.8 Å². The fourth-order valence-corrected chi connectivity index (χ4v) is 5.51. The normalized spacial score (nSPS) is 27.6. The van der Waals surface area contributed by atoms with Gasteiger partial charge in [-0.2, -0.15) is 5.10 Å². The van der Waals surface area contributed by atoms with Crippen molar-refractivity contribution in [3.63, 3.8) is 0 Å². The number of nitrogens with zero attached hydrogens (tertiary/aromatic N) is 3. The van der Waals surface area contributed by atoms with Crippen LogP contribution in [0.3, 0.4) is 0 Å². The van der Waals surface area contributed by atoms with E-state index in [1.54, 1.807) is 11.3 Å². The van der Waals surface area contributed by atoms with Crippen LogP contribution in [-0.4, -0.2) is 55.8 Å². The van der Waals surface area contributed by atoms with Crippen molar-refractivity contribution in [1.29, 1.82) is 0 Å². The van der Waals surface area contributed by atoms with E-state index in [1.807, 2.05) is 28.5 Å². The number of hydrogen-bond acceptors (Lipinski definition) is 5. The van der Waals surface area contributed by atoms with E-state index in [0.29, 0.717) is 31.4 Å². The smallest absolute Gasteiger partial charge is 0.274 e. The average Bonchev–Trinajstić information content (AvgIpc) is 3.42. The van der Waals surface area contributed by atoms with Crippen LogP contribution in [0.5, 0.6) is 0 Å². The van der Waals surface area contributed by atoms with E-state index in [9.17, 15) is 14.4 Å². The molecule has 0 aromatic carbocycles. The minimum atomic E-state index is -0.0603. The number of piperidine rings is 1. The summed E-state index contributed by atoms with van der Waals surface area (Å²) >= 11 is 1.60. The lowest BCUT2D eigenvalue weighted by molar-refractivity contribution is -0.142. The van der Waals surface area contributed by atoms with Gasteiger partial charge in [0.15, 0.2) is 5.69 Å². The van der Waals surface area contributed by atoms with Gasteiger partial charge in [-0.25, -0.2) is 0 Å². The Bertz CT molecular complexity index is 876. The Morgan fingerprint density at radius 1 is 1.11 bits per heavy atom. The van der Waals surface area contributed by atoms with Crippen LogP contribution in [-0.2, 0) is 9.59 Å². The SMILES string of the molecule is O=C1CCC(=O)N1C1CC2CCC(C1)N2C(=O)c1cc(-c2cccs2)[nH]n1. The molecule has 2 aromatic heterocycles. The highest BCUT2D eigenvalue weighted by atomic mass is 32.1. The summed E-state index contributed by atoms with van der Waals surface area (Å²) in [6.07, 6.45) is 3.86. The van der Waals surface area contributed by atoms with Gasteiger partial charge in [0.05, 0.1) is 10.6 Å². The van der Waals surface area contributed by atoms with Crippen LogP contribution in [0.1, 0.15) is 49.0 Å². The summed E-state index contributed by atoms with van der Waals surface area (Å²) in [6, 6.07) is 5.86. The number of nitrogens with one attached hydrogen (secondary N) is 1. The molecule has 2 bridgehead atoms. The topological polar surface area (TPSA) is 86.4 Å². The van der Waals surface area contributed by atoms with Gasteiger partial charge in [0.25, 0.3) is 5.91 Å². The quantitative estimate of drug-likeness (QED) is 0.824. The van der Waals surface area contributed by atoms with E-state index in [2.05, 4.69) is 10.2 Å². The summed E-state index contributed by atoms with van der Waals surface area (Å²) in [5.41, 5.74) is 1.28. The molecule has 1 N–H and O–H groups in total. The third-order valence-corrected chi connectivity index (χ3v) is 6.88. The Morgan fingerprint density at radius 3 is 2.44 bits per heavy atom. The van der Waals surface area contributed by atoms with Gasteiger partial charge < -0.3 is 4.90 Å². The largest absolute Gasteiger partial charge is 0.331 e. The summed E-state index contributed by atoms with van der Waals surface area (Å²) < 4.78 is 0. The average molecular weight is 384 g/mol. The molecule has 8 heteroatoms. The van der Waals surface area contributed by atoms with Gasteiger partial charge in [0, 0.05) is 31.0 Å². The van der Waals surface area contributed by atoms with E-state index in [1.165, 1.54) is 4.90 Å². The summed E-state index contributed by atoms with van der Waals surface area (Å²) in [5.74, 6) is -0.173. The first-order valence-corrected chi connectivity index (χ1v) is 10.3. The van der Waals surface area contributed by atoms with Crippen LogP contribution in [0.2, 0.25) is 0 Å². The maximum absolute atomic E-state index is 13.1. The molecule has 0 radical (unpaired) electrons. The number of carbonyl (C=O) groups excluding carboxylic acids is 3. The number of amides is 3. The molecular formula is C19H20N4O3S. The van der Waals surface area contributed by atoms with Crippen LogP contribution < -0.4 is 0 Å². The second-order valence-electron chi connectivity index (χ2n) is 7.52. The fraction of sp³-hybridized carbons (Fsp3) is 0.474. The highest BCUT2D eigenvalue weighted by molar-refractivity contribution is 7.13. The van der Waals surface area contributed by atoms with Crippen LogP contribution in [0.15, 0.2) is 23.6 Å². The van der Waals surface area contributed by atoms with Crippen LogP contribution in [0.4, 0.5) is 0 Å². The molecule has 0 aliphatic carbocycles. The number of imide groups is 1. The number of hydrogen-bond donors (Lipinski definition) is 1. The molecule has 3 aliphatic heterocycles. The van der Waals surface area contributed by atoms with E-state index in [0.717, 1.165) is 23.4 Å².